The van der Waals surface area contributed by atoms with Gasteiger partial charge in [-0.2, -0.15) is 0 Å². The number of carbonyl (C=O) groups excluding carboxylic acids is 2. The summed E-state index contributed by atoms with van der Waals surface area (Å²) in [7, 11) is 0. The van der Waals surface area contributed by atoms with Crippen LogP contribution in [-0.2, 0) is 16.1 Å². The molecule has 176 valence electrons. The summed E-state index contributed by atoms with van der Waals surface area (Å²) < 4.78 is 8.51. The molecule has 1 N–H and O–H groups in total. The van der Waals surface area contributed by atoms with Crippen molar-refractivity contribution in [2.45, 2.75) is 39.0 Å². The summed E-state index contributed by atoms with van der Waals surface area (Å²) in [5.41, 5.74) is 1.30. The number of nitrogens with zero attached hydrogens (tertiary/aromatic N) is 3. The van der Waals surface area contributed by atoms with Gasteiger partial charge in [-0.3, -0.25) is 9.59 Å². The number of aromatic nitrogens is 2. The maximum absolute atomic E-state index is 13.1. The zero-order chi connectivity index (χ0) is 24.2. The average molecular weight is 524 g/mol. The van der Waals surface area contributed by atoms with E-state index in [0.717, 1.165) is 10.0 Å². The second-order valence-corrected chi connectivity index (χ2v) is 9.30. The molecule has 0 spiro atoms. The molecule has 0 aliphatic carbocycles. The first-order valence-corrected chi connectivity index (χ1v) is 11.9. The van der Waals surface area contributed by atoms with Crippen LogP contribution in [0.2, 0.25) is 0 Å². The molecule has 1 amide bonds. The van der Waals surface area contributed by atoms with E-state index in [1.807, 2.05) is 48.9 Å². The highest BCUT2D eigenvalue weighted by molar-refractivity contribution is 9.10. The molecule has 1 fully saturated rings. The molecule has 1 atom stereocenters. The van der Waals surface area contributed by atoms with Gasteiger partial charge in [0.25, 0.3) is 11.7 Å². The number of amides is 1. The highest BCUT2D eigenvalue weighted by Gasteiger charge is 2.45. The molecule has 0 saturated carbocycles. The Morgan fingerprint density at radius 2 is 1.79 bits per heavy atom. The molecule has 7 nitrogen and oxygen atoms in total. The van der Waals surface area contributed by atoms with E-state index in [1.54, 1.807) is 41.7 Å². The molecule has 2 heterocycles. The average Bonchev–Trinajstić information content (AvgIpc) is 3.42. The first kappa shape index (κ1) is 23.8. The minimum atomic E-state index is -0.695. The van der Waals surface area contributed by atoms with Gasteiger partial charge in [0.1, 0.15) is 11.5 Å². The Morgan fingerprint density at radius 3 is 2.41 bits per heavy atom. The minimum Gasteiger partial charge on any atom is -0.507 e. The number of carbonyl (C=O) groups is 2. The van der Waals surface area contributed by atoms with E-state index in [9.17, 15) is 14.7 Å². The van der Waals surface area contributed by atoms with E-state index in [0.29, 0.717) is 30.8 Å². The van der Waals surface area contributed by atoms with Gasteiger partial charge in [-0.05, 0) is 50.1 Å². The van der Waals surface area contributed by atoms with Gasteiger partial charge >= 0.3 is 0 Å². The van der Waals surface area contributed by atoms with Crippen LogP contribution in [0.4, 0.5) is 0 Å². The van der Waals surface area contributed by atoms with Crippen molar-refractivity contribution < 1.29 is 19.4 Å². The summed E-state index contributed by atoms with van der Waals surface area (Å²) in [4.78, 5) is 31.8. The van der Waals surface area contributed by atoms with Crippen LogP contribution in [0.3, 0.4) is 0 Å². The Labute approximate surface area is 206 Å². The largest absolute Gasteiger partial charge is 0.507 e. The van der Waals surface area contributed by atoms with Gasteiger partial charge in [0.05, 0.1) is 24.0 Å². The molecule has 2 aromatic carbocycles. The molecule has 3 aromatic rings. The highest BCUT2D eigenvalue weighted by Crippen LogP contribution is 2.40. The lowest BCUT2D eigenvalue weighted by atomic mass is 9.95. The number of benzene rings is 2. The van der Waals surface area contributed by atoms with E-state index in [2.05, 4.69) is 20.9 Å². The summed E-state index contributed by atoms with van der Waals surface area (Å²) in [5, 5.41) is 11.1. The van der Waals surface area contributed by atoms with E-state index < -0.39 is 17.7 Å². The number of rotatable bonds is 8. The number of aliphatic hydroxyl groups excluding tert-OH is 1. The molecule has 0 bridgehead atoms. The molecule has 1 saturated heterocycles. The second kappa shape index (κ2) is 10.3. The van der Waals surface area contributed by atoms with E-state index in [-0.39, 0.29) is 17.4 Å². The molecule has 4 rings (SSSR count). The van der Waals surface area contributed by atoms with Crippen LogP contribution < -0.4 is 4.74 Å². The van der Waals surface area contributed by atoms with Gasteiger partial charge in [0.15, 0.2) is 0 Å². The Hall–Kier alpha value is -3.39. The lowest BCUT2D eigenvalue weighted by Crippen LogP contribution is -2.31. The zero-order valence-electron chi connectivity index (χ0n) is 19.0. The number of ether oxygens (including phenoxy) is 1. The summed E-state index contributed by atoms with van der Waals surface area (Å²) >= 11 is 3.38. The van der Waals surface area contributed by atoms with Gasteiger partial charge in [-0.1, -0.05) is 40.2 Å². The number of Topliss-reactive ketones (excluding diaryl/α,β-unsaturated/α-hetero) is 1. The van der Waals surface area contributed by atoms with Crippen molar-refractivity contribution in [1.29, 1.82) is 0 Å². The molecular formula is C26H26BrN3O4. The third-order valence-corrected chi connectivity index (χ3v) is 6.13. The smallest absolute Gasteiger partial charge is 0.295 e. The molecule has 8 heteroatoms. The molecule has 1 aromatic heterocycles. The van der Waals surface area contributed by atoms with Gasteiger partial charge in [0, 0.05) is 35.5 Å². The van der Waals surface area contributed by atoms with Crippen LogP contribution in [-0.4, -0.2) is 43.9 Å². The summed E-state index contributed by atoms with van der Waals surface area (Å²) in [6.45, 7) is 4.90. The van der Waals surface area contributed by atoms with Gasteiger partial charge in [-0.15, -0.1) is 0 Å². The van der Waals surface area contributed by atoms with Crippen molar-refractivity contribution in [3.8, 4) is 5.75 Å². The normalized spacial score (nSPS) is 17.5. The maximum Gasteiger partial charge on any atom is 0.295 e. The maximum atomic E-state index is 13.1. The van der Waals surface area contributed by atoms with Crippen LogP contribution in [0.25, 0.3) is 5.76 Å². The van der Waals surface area contributed by atoms with Crippen LogP contribution >= 0.6 is 15.9 Å². The lowest BCUT2D eigenvalue weighted by molar-refractivity contribution is -0.139. The SMILES string of the molecule is CC(C)Oc1ccc(C2/C(=C(/O)c3ccc(Br)cc3)C(=O)C(=O)N2CCCn2ccnc2)cc1. The van der Waals surface area contributed by atoms with E-state index in [4.69, 9.17) is 4.74 Å². The fourth-order valence-electron chi connectivity index (χ4n) is 4.06. The summed E-state index contributed by atoms with van der Waals surface area (Å²) in [6, 6.07) is 13.6. The third-order valence-electron chi connectivity index (χ3n) is 5.60. The topological polar surface area (TPSA) is 84.7 Å². The van der Waals surface area contributed by atoms with Crippen LogP contribution in [0.1, 0.15) is 37.4 Å². The monoisotopic (exact) mass is 523 g/mol. The van der Waals surface area contributed by atoms with Gasteiger partial charge in [0.2, 0.25) is 0 Å². The second-order valence-electron chi connectivity index (χ2n) is 8.39. The van der Waals surface area contributed by atoms with Crippen LogP contribution in [0, 0.1) is 0 Å². The lowest BCUT2D eigenvalue weighted by Gasteiger charge is -2.25. The molecule has 1 aliphatic heterocycles. The minimum absolute atomic E-state index is 0.0251. The number of aryl methyl sites for hydroxylation is 1. The molecule has 1 unspecified atom stereocenters. The Balaban J connectivity index is 1.71. The van der Waals surface area contributed by atoms with Crippen LogP contribution in [0.5, 0.6) is 5.75 Å². The number of likely N-dealkylation sites (tertiary alicyclic amines) is 1. The highest BCUT2D eigenvalue weighted by atomic mass is 79.9. The molecule has 34 heavy (non-hydrogen) atoms. The van der Waals surface area contributed by atoms with Crippen molar-refractivity contribution >= 4 is 33.4 Å². The fraction of sp³-hybridized carbons (Fsp3) is 0.269. The predicted molar refractivity (Wildman–Crippen MR) is 132 cm³/mol. The number of imidazole rings is 1. The third kappa shape index (κ3) is 5.07. The predicted octanol–water partition coefficient (Wildman–Crippen LogP) is 4.94. The zero-order valence-corrected chi connectivity index (χ0v) is 20.6. The molecule has 0 radical (unpaired) electrons. The quantitative estimate of drug-likeness (QED) is 0.256. The fourth-order valence-corrected chi connectivity index (χ4v) is 4.33. The molecular weight excluding hydrogens is 498 g/mol. The van der Waals surface area contributed by atoms with Crippen molar-refractivity contribution in [3.63, 3.8) is 0 Å². The first-order valence-electron chi connectivity index (χ1n) is 11.1. The standard InChI is InChI=1S/C26H26BrN3O4/c1-17(2)34-21-10-6-18(7-11-21)23-22(24(31)19-4-8-20(27)9-5-19)25(32)26(33)30(23)14-3-13-29-15-12-28-16-29/h4-12,15-17,23,31H,3,13-14H2,1-2H3/b24-22-. The number of hydrogen-bond donors (Lipinski definition) is 1. The number of ketones is 1. The number of aliphatic hydroxyl groups is 1. The van der Waals surface area contributed by atoms with Gasteiger partial charge in [-0.25, -0.2) is 4.98 Å². The van der Waals surface area contributed by atoms with Crippen molar-refractivity contribution in [1.82, 2.24) is 14.5 Å². The van der Waals surface area contributed by atoms with Crippen molar-refractivity contribution in [2.24, 2.45) is 0 Å². The molecule has 1 aliphatic rings. The van der Waals surface area contributed by atoms with Crippen molar-refractivity contribution in [2.75, 3.05) is 6.54 Å². The Kier molecular flexibility index (Phi) is 7.17. The Bertz CT molecular complexity index is 1190. The summed E-state index contributed by atoms with van der Waals surface area (Å²) in [6.07, 6.45) is 5.92. The number of hydrogen-bond acceptors (Lipinski definition) is 5. The van der Waals surface area contributed by atoms with E-state index in [1.165, 1.54) is 0 Å². The summed E-state index contributed by atoms with van der Waals surface area (Å²) in [5.74, 6) is -0.786. The van der Waals surface area contributed by atoms with Crippen molar-refractivity contribution in [3.05, 3.63) is 88.4 Å². The number of halogens is 1. The van der Waals surface area contributed by atoms with Gasteiger partial charge < -0.3 is 19.3 Å². The van der Waals surface area contributed by atoms with E-state index >= 15 is 0 Å². The Morgan fingerprint density at radius 1 is 1.09 bits per heavy atom. The first-order chi connectivity index (χ1) is 16.3. The van der Waals surface area contributed by atoms with Crippen LogP contribution in [0.15, 0.2) is 77.3 Å².